The summed E-state index contributed by atoms with van der Waals surface area (Å²) in [6.45, 7) is 0. The lowest BCUT2D eigenvalue weighted by Crippen LogP contribution is -2.25. The van der Waals surface area contributed by atoms with Gasteiger partial charge in [0.05, 0.1) is 33.7 Å². The fraction of sp³-hybridized carbons (Fsp3) is 0.333. The summed E-state index contributed by atoms with van der Waals surface area (Å²) in [5.74, 6) is -2.86. The Morgan fingerprint density at radius 2 is 1.95 bits per heavy atom. The third-order valence-corrected chi connectivity index (χ3v) is 5.42. The van der Waals surface area contributed by atoms with Gasteiger partial charge in [-0.2, -0.15) is 0 Å². The van der Waals surface area contributed by atoms with E-state index in [1.807, 2.05) is 0 Å². The van der Waals surface area contributed by atoms with Crippen LogP contribution < -0.4 is 5.32 Å². The second-order valence-electron chi connectivity index (χ2n) is 4.70. The van der Waals surface area contributed by atoms with Crippen LogP contribution in [0.4, 0.5) is 5.69 Å². The summed E-state index contributed by atoms with van der Waals surface area (Å²) in [6.07, 6.45) is 0.210. The van der Waals surface area contributed by atoms with Gasteiger partial charge in [-0.1, -0.05) is 23.2 Å². The largest absolute Gasteiger partial charge is 0.478 e. The van der Waals surface area contributed by atoms with Gasteiger partial charge >= 0.3 is 5.97 Å². The molecule has 9 heteroatoms. The van der Waals surface area contributed by atoms with Crippen LogP contribution in [0.2, 0.25) is 10.0 Å². The summed E-state index contributed by atoms with van der Waals surface area (Å²) >= 11 is 11.6. The number of carboxylic acid groups (broad SMARTS) is 1. The number of carboxylic acids is 1. The molecule has 1 saturated heterocycles. The van der Waals surface area contributed by atoms with E-state index in [-0.39, 0.29) is 39.2 Å². The van der Waals surface area contributed by atoms with Gasteiger partial charge < -0.3 is 10.4 Å². The number of carbonyl (C=O) groups is 2. The Hall–Kier alpha value is -1.31. The van der Waals surface area contributed by atoms with Gasteiger partial charge in [-0.3, -0.25) is 4.79 Å². The zero-order valence-corrected chi connectivity index (χ0v) is 12.9. The van der Waals surface area contributed by atoms with Crippen molar-refractivity contribution in [2.24, 2.45) is 5.92 Å². The maximum absolute atomic E-state index is 12.1. The quantitative estimate of drug-likeness (QED) is 0.867. The lowest BCUT2D eigenvalue weighted by Gasteiger charge is -2.13. The Balaban J connectivity index is 2.28. The van der Waals surface area contributed by atoms with Gasteiger partial charge in [0.1, 0.15) is 0 Å². The van der Waals surface area contributed by atoms with E-state index in [2.05, 4.69) is 5.32 Å². The molecule has 1 atom stereocenters. The minimum absolute atomic E-state index is 0.0193. The molecule has 0 bridgehead atoms. The smallest absolute Gasteiger partial charge is 0.337 e. The van der Waals surface area contributed by atoms with E-state index in [0.29, 0.717) is 0 Å². The van der Waals surface area contributed by atoms with E-state index in [9.17, 15) is 18.0 Å². The van der Waals surface area contributed by atoms with Gasteiger partial charge in [0.15, 0.2) is 9.84 Å². The lowest BCUT2D eigenvalue weighted by molar-refractivity contribution is -0.119. The van der Waals surface area contributed by atoms with E-state index >= 15 is 0 Å². The van der Waals surface area contributed by atoms with E-state index in [0.717, 1.165) is 6.07 Å². The number of carbonyl (C=O) groups excluding carboxylic acids is 1. The second-order valence-corrected chi connectivity index (χ2v) is 7.78. The highest BCUT2D eigenvalue weighted by Crippen LogP contribution is 2.31. The van der Waals surface area contributed by atoms with Crippen LogP contribution in [0.25, 0.3) is 0 Å². The lowest BCUT2D eigenvalue weighted by atomic mass is 10.1. The van der Waals surface area contributed by atoms with Crippen molar-refractivity contribution in [2.45, 2.75) is 6.42 Å². The molecule has 0 radical (unpaired) electrons. The molecule has 0 aromatic heterocycles. The predicted molar refractivity (Wildman–Crippen MR) is 78.8 cm³/mol. The summed E-state index contributed by atoms with van der Waals surface area (Å²) in [7, 11) is -3.21. The van der Waals surface area contributed by atoms with Crippen LogP contribution in [0.15, 0.2) is 12.1 Å². The predicted octanol–water partition coefficient (Wildman–Crippen LogP) is 2.06. The molecule has 1 heterocycles. The SMILES string of the molecule is O=C(O)c1cc(Cl)cc(Cl)c1NC(=O)C1CCS(=O)(=O)C1. The molecule has 1 aliphatic heterocycles. The molecule has 2 rings (SSSR count). The molecule has 114 valence electrons. The Labute approximate surface area is 131 Å². The number of hydrogen-bond acceptors (Lipinski definition) is 4. The van der Waals surface area contributed by atoms with Crippen LogP contribution >= 0.6 is 23.2 Å². The first-order valence-electron chi connectivity index (χ1n) is 5.93. The number of sulfone groups is 1. The molecule has 1 fully saturated rings. The van der Waals surface area contributed by atoms with E-state index in [4.69, 9.17) is 28.3 Å². The highest BCUT2D eigenvalue weighted by molar-refractivity contribution is 7.91. The number of nitrogens with one attached hydrogen (secondary N) is 1. The molecule has 0 spiro atoms. The van der Waals surface area contributed by atoms with Crippen molar-refractivity contribution < 1.29 is 23.1 Å². The van der Waals surface area contributed by atoms with E-state index < -0.39 is 27.6 Å². The zero-order valence-electron chi connectivity index (χ0n) is 10.6. The minimum Gasteiger partial charge on any atom is -0.478 e. The van der Waals surface area contributed by atoms with Crippen LogP contribution in [0, 0.1) is 5.92 Å². The molecule has 0 saturated carbocycles. The van der Waals surface area contributed by atoms with Gasteiger partial charge in [0.2, 0.25) is 5.91 Å². The summed E-state index contributed by atoms with van der Waals surface area (Å²) in [5.41, 5.74) is -0.329. The first-order valence-corrected chi connectivity index (χ1v) is 8.51. The zero-order chi connectivity index (χ0) is 15.8. The summed E-state index contributed by atoms with van der Waals surface area (Å²) in [6, 6.07) is 2.47. The molecule has 1 unspecified atom stereocenters. The highest BCUT2D eigenvalue weighted by atomic mass is 35.5. The molecular formula is C12H11Cl2NO5S. The van der Waals surface area contributed by atoms with Gasteiger partial charge in [-0.15, -0.1) is 0 Å². The number of rotatable bonds is 3. The second kappa shape index (κ2) is 5.82. The maximum Gasteiger partial charge on any atom is 0.337 e. The van der Waals surface area contributed by atoms with Crippen molar-refractivity contribution in [1.82, 2.24) is 0 Å². The van der Waals surface area contributed by atoms with Gasteiger partial charge in [-0.05, 0) is 18.6 Å². The van der Waals surface area contributed by atoms with Crippen LogP contribution in [0.1, 0.15) is 16.8 Å². The normalized spacial score (nSPS) is 20.2. The molecule has 1 aromatic rings. The maximum atomic E-state index is 12.1. The number of hydrogen-bond donors (Lipinski definition) is 2. The van der Waals surface area contributed by atoms with Crippen LogP contribution in [-0.4, -0.2) is 36.9 Å². The minimum atomic E-state index is -3.21. The fourth-order valence-corrected chi connectivity index (χ4v) is 4.38. The van der Waals surface area contributed by atoms with Crippen molar-refractivity contribution in [3.8, 4) is 0 Å². The Bertz CT molecular complexity index is 717. The van der Waals surface area contributed by atoms with Crippen LogP contribution in [0.5, 0.6) is 0 Å². The van der Waals surface area contributed by atoms with Crippen molar-refractivity contribution in [3.05, 3.63) is 27.7 Å². The van der Waals surface area contributed by atoms with Crippen molar-refractivity contribution >= 4 is 50.6 Å². The number of benzene rings is 1. The molecule has 21 heavy (non-hydrogen) atoms. The molecular weight excluding hydrogens is 341 g/mol. The topological polar surface area (TPSA) is 101 Å². The van der Waals surface area contributed by atoms with Gasteiger partial charge in [0.25, 0.3) is 0 Å². The summed E-state index contributed by atoms with van der Waals surface area (Å²) in [4.78, 5) is 23.2. The first kappa shape index (κ1) is 16.1. The number of aromatic carboxylic acids is 1. The van der Waals surface area contributed by atoms with Crippen LogP contribution in [0.3, 0.4) is 0 Å². The fourth-order valence-electron chi connectivity index (χ4n) is 2.10. The van der Waals surface area contributed by atoms with Crippen LogP contribution in [-0.2, 0) is 14.6 Å². The Kier molecular flexibility index (Phi) is 4.46. The third-order valence-electron chi connectivity index (χ3n) is 3.14. The molecule has 2 N–H and O–H groups in total. The summed E-state index contributed by atoms with van der Waals surface area (Å²) < 4.78 is 22.7. The molecule has 1 amide bonds. The summed E-state index contributed by atoms with van der Waals surface area (Å²) in [5, 5.41) is 11.6. The number of amides is 1. The first-order chi connectivity index (χ1) is 9.69. The van der Waals surface area contributed by atoms with Crippen molar-refractivity contribution in [1.29, 1.82) is 0 Å². The molecule has 1 aliphatic rings. The highest BCUT2D eigenvalue weighted by Gasteiger charge is 2.33. The number of anilines is 1. The van der Waals surface area contributed by atoms with Gasteiger partial charge in [0, 0.05) is 5.02 Å². The molecule has 6 nitrogen and oxygen atoms in total. The number of halogens is 2. The van der Waals surface area contributed by atoms with E-state index in [1.165, 1.54) is 6.07 Å². The van der Waals surface area contributed by atoms with Crippen molar-refractivity contribution in [3.63, 3.8) is 0 Å². The standard InChI is InChI=1S/C12H11Cl2NO5S/c13-7-3-8(12(17)18)10(9(14)4-7)15-11(16)6-1-2-21(19,20)5-6/h3-4,6H,1-2,5H2,(H,15,16)(H,17,18). The van der Waals surface area contributed by atoms with E-state index in [1.54, 1.807) is 0 Å². The average molecular weight is 352 g/mol. The third kappa shape index (κ3) is 3.66. The molecule has 1 aromatic carbocycles. The average Bonchev–Trinajstić information content (AvgIpc) is 2.72. The molecule has 0 aliphatic carbocycles. The Morgan fingerprint density at radius 3 is 2.48 bits per heavy atom. The monoisotopic (exact) mass is 351 g/mol. The van der Waals surface area contributed by atoms with Gasteiger partial charge in [-0.25, -0.2) is 13.2 Å². The van der Waals surface area contributed by atoms with Crippen molar-refractivity contribution in [2.75, 3.05) is 16.8 Å². The Morgan fingerprint density at radius 1 is 1.29 bits per heavy atom.